The van der Waals surface area contributed by atoms with Crippen molar-refractivity contribution in [3.63, 3.8) is 0 Å². The molecule has 38 heavy (non-hydrogen) atoms. The van der Waals surface area contributed by atoms with E-state index in [4.69, 9.17) is 14.5 Å². The highest BCUT2D eigenvalue weighted by atomic mass is 16.5. The lowest BCUT2D eigenvalue weighted by molar-refractivity contribution is 0.0159. The van der Waals surface area contributed by atoms with E-state index in [2.05, 4.69) is 68.3 Å². The Morgan fingerprint density at radius 2 is 1.79 bits per heavy atom. The van der Waals surface area contributed by atoms with Gasteiger partial charge < -0.3 is 30.3 Å². The lowest BCUT2D eigenvalue weighted by atomic mass is 10.0. The molecule has 0 bridgehead atoms. The first-order valence-corrected chi connectivity index (χ1v) is 13.5. The predicted molar refractivity (Wildman–Crippen MR) is 153 cm³/mol. The van der Waals surface area contributed by atoms with Crippen molar-refractivity contribution in [1.29, 1.82) is 0 Å². The zero-order valence-corrected chi connectivity index (χ0v) is 21.5. The fourth-order valence-corrected chi connectivity index (χ4v) is 5.00. The van der Waals surface area contributed by atoms with Crippen LogP contribution in [0.3, 0.4) is 0 Å². The van der Waals surface area contributed by atoms with E-state index in [-0.39, 0.29) is 6.10 Å². The lowest BCUT2D eigenvalue weighted by Crippen LogP contribution is -2.43. The zero-order valence-electron chi connectivity index (χ0n) is 21.5. The van der Waals surface area contributed by atoms with E-state index >= 15 is 0 Å². The van der Waals surface area contributed by atoms with Crippen LogP contribution in [-0.4, -0.2) is 68.6 Å². The van der Waals surface area contributed by atoms with Crippen LogP contribution in [-0.2, 0) is 4.74 Å². The molecule has 1 aromatic heterocycles. The van der Waals surface area contributed by atoms with E-state index in [1.54, 1.807) is 0 Å². The van der Waals surface area contributed by atoms with Gasteiger partial charge in [0.2, 0.25) is 5.95 Å². The number of aromatic nitrogens is 2. The summed E-state index contributed by atoms with van der Waals surface area (Å²) in [6, 6.07) is 22.9. The SMILES string of the molecule is c1cc(-c2ccc(OCCC3CNCCO3)cc2)c2nc(Nc3ccc(N4CCNCC4)cc3)ncc2c1. The van der Waals surface area contributed by atoms with Gasteiger partial charge in [0, 0.05) is 74.2 Å². The number of hydrogen-bond acceptors (Lipinski definition) is 8. The van der Waals surface area contributed by atoms with Crippen LogP contribution in [0.15, 0.2) is 72.9 Å². The summed E-state index contributed by atoms with van der Waals surface area (Å²) < 4.78 is 11.7. The number of fused-ring (bicyclic) bond motifs is 1. The number of nitrogens with zero attached hydrogens (tertiary/aromatic N) is 3. The van der Waals surface area contributed by atoms with E-state index in [9.17, 15) is 0 Å². The second kappa shape index (κ2) is 11.8. The minimum Gasteiger partial charge on any atom is -0.493 e. The average molecular weight is 511 g/mol. The number of benzene rings is 3. The molecule has 3 aromatic carbocycles. The van der Waals surface area contributed by atoms with Crippen LogP contribution in [0, 0.1) is 0 Å². The number of para-hydroxylation sites is 1. The Bertz CT molecular complexity index is 1330. The highest BCUT2D eigenvalue weighted by Crippen LogP contribution is 2.30. The Morgan fingerprint density at radius 1 is 0.947 bits per heavy atom. The molecule has 0 aliphatic carbocycles. The third-order valence-electron chi connectivity index (χ3n) is 7.09. The molecule has 4 aromatic rings. The molecule has 3 heterocycles. The van der Waals surface area contributed by atoms with Crippen molar-refractivity contribution in [3.05, 3.63) is 72.9 Å². The monoisotopic (exact) mass is 510 g/mol. The molecule has 1 unspecified atom stereocenters. The number of anilines is 3. The van der Waals surface area contributed by atoms with Gasteiger partial charge in [-0.1, -0.05) is 30.3 Å². The minimum absolute atomic E-state index is 0.228. The van der Waals surface area contributed by atoms with Gasteiger partial charge in [0.25, 0.3) is 0 Å². The molecule has 2 aliphatic heterocycles. The first-order valence-electron chi connectivity index (χ1n) is 13.5. The first-order chi connectivity index (χ1) is 18.8. The van der Waals surface area contributed by atoms with Crippen LogP contribution in [0.1, 0.15) is 6.42 Å². The molecule has 2 fully saturated rings. The lowest BCUT2D eigenvalue weighted by Gasteiger charge is -2.29. The Kier molecular flexibility index (Phi) is 7.62. The number of rotatable bonds is 8. The summed E-state index contributed by atoms with van der Waals surface area (Å²) in [6.45, 7) is 7.34. The molecule has 8 nitrogen and oxygen atoms in total. The van der Waals surface area contributed by atoms with Gasteiger partial charge in [-0.05, 0) is 42.0 Å². The Labute approximate surface area is 223 Å². The maximum Gasteiger partial charge on any atom is 0.227 e. The quantitative estimate of drug-likeness (QED) is 0.325. The third kappa shape index (κ3) is 5.88. The van der Waals surface area contributed by atoms with E-state index in [0.29, 0.717) is 12.6 Å². The van der Waals surface area contributed by atoms with Crippen molar-refractivity contribution in [1.82, 2.24) is 20.6 Å². The van der Waals surface area contributed by atoms with E-state index in [0.717, 1.165) is 85.8 Å². The molecule has 2 saturated heterocycles. The number of morpholine rings is 1. The molecule has 0 spiro atoms. The molecular weight excluding hydrogens is 476 g/mol. The summed E-state index contributed by atoms with van der Waals surface area (Å²) in [5.41, 5.74) is 5.28. The largest absolute Gasteiger partial charge is 0.493 e. The van der Waals surface area contributed by atoms with Crippen molar-refractivity contribution in [2.75, 3.05) is 62.7 Å². The summed E-state index contributed by atoms with van der Waals surface area (Å²) in [7, 11) is 0. The minimum atomic E-state index is 0.228. The van der Waals surface area contributed by atoms with Crippen LogP contribution in [0.4, 0.5) is 17.3 Å². The molecule has 2 aliphatic rings. The average Bonchev–Trinajstić information content (AvgIpc) is 2.99. The second-order valence-electron chi connectivity index (χ2n) is 9.70. The third-order valence-corrected chi connectivity index (χ3v) is 7.09. The molecule has 0 saturated carbocycles. The smallest absolute Gasteiger partial charge is 0.227 e. The maximum absolute atomic E-state index is 5.97. The van der Waals surface area contributed by atoms with Gasteiger partial charge in [0.1, 0.15) is 5.75 Å². The Hall–Kier alpha value is -3.72. The van der Waals surface area contributed by atoms with E-state index < -0.39 is 0 Å². The van der Waals surface area contributed by atoms with Crippen LogP contribution in [0.2, 0.25) is 0 Å². The highest BCUT2D eigenvalue weighted by molar-refractivity contribution is 5.94. The molecule has 8 heteroatoms. The van der Waals surface area contributed by atoms with Gasteiger partial charge in [0.05, 0.1) is 24.8 Å². The topological polar surface area (TPSA) is 83.6 Å². The van der Waals surface area contributed by atoms with Gasteiger partial charge in [-0.25, -0.2) is 9.97 Å². The summed E-state index contributed by atoms with van der Waals surface area (Å²) >= 11 is 0. The fourth-order valence-electron chi connectivity index (χ4n) is 5.00. The molecule has 0 amide bonds. The van der Waals surface area contributed by atoms with Crippen molar-refractivity contribution >= 4 is 28.2 Å². The molecule has 3 N–H and O–H groups in total. The second-order valence-corrected chi connectivity index (χ2v) is 9.70. The van der Waals surface area contributed by atoms with Gasteiger partial charge in [-0.15, -0.1) is 0 Å². The number of piperazine rings is 1. The molecule has 0 radical (unpaired) electrons. The fraction of sp³-hybridized carbons (Fsp3) is 0.333. The standard InChI is InChI=1S/C30H34N6O2/c1-2-23-20-33-30(34-24-6-8-25(9-7-24)36-16-13-31-14-17-36)35-29(23)28(3-1)22-4-10-26(11-5-22)37-18-12-27-21-32-15-19-38-27/h1-11,20,27,31-32H,12-19,21H2,(H,33,34,35). The van der Waals surface area contributed by atoms with Crippen LogP contribution in [0.5, 0.6) is 5.75 Å². The summed E-state index contributed by atoms with van der Waals surface area (Å²) in [5, 5.41) is 11.1. The first kappa shape index (κ1) is 24.6. The normalized spacial score (nSPS) is 17.9. The molecule has 1 atom stereocenters. The van der Waals surface area contributed by atoms with Gasteiger partial charge in [0.15, 0.2) is 0 Å². The van der Waals surface area contributed by atoms with Crippen molar-refractivity contribution < 1.29 is 9.47 Å². The zero-order chi connectivity index (χ0) is 25.6. The summed E-state index contributed by atoms with van der Waals surface area (Å²) in [4.78, 5) is 11.9. The van der Waals surface area contributed by atoms with Gasteiger partial charge >= 0.3 is 0 Å². The molecule has 196 valence electrons. The Morgan fingerprint density at radius 3 is 2.58 bits per heavy atom. The number of hydrogen-bond donors (Lipinski definition) is 3. The van der Waals surface area contributed by atoms with Crippen molar-refractivity contribution in [2.45, 2.75) is 12.5 Å². The summed E-state index contributed by atoms with van der Waals surface area (Å²) in [6.07, 6.45) is 2.98. The van der Waals surface area contributed by atoms with Crippen LogP contribution in [0.25, 0.3) is 22.0 Å². The predicted octanol–water partition coefficient (Wildman–Crippen LogP) is 4.21. The van der Waals surface area contributed by atoms with Crippen LogP contribution < -0.4 is 25.6 Å². The van der Waals surface area contributed by atoms with Crippen LogP contribution >= 0.6 is 0 Å². The maximum atomic E-state index is 5.97. The van der Waals surface area contributed by atoms with E-state index in [1.807, 2.05) is 30.5 Å². The molecule has 6 rings (SSSR count). The molecular formula is C30H34N6O2. The van der Waals surface area contributed by atoms with Crippen molar-refractivity contribution in [2.24, 2.45) is 0 Å². The summed E-state index contributed by atoms with van der Waals surface area (Å²) in [5.74, 6) is 1.44. The Balaban J connectivity index is 1.14. The number of ether oxygens (including phenoxy) is 2. The highest BCUT2D eigenvalue weighted by Gasteiger charge is 2.14. The number of nitrogens with one attached hydrogen (secondary N) is 3. The van der Waals surface area contributed by atoms with Gasteiger partial charge in [-0.3, -0.25) is 0 Å². The van der Waals surface area contributed by atoms with E-state index in [1.165, 1.54) is 5.69 Å². The van der Waals surface area contributed by atoms with Gasteiger partial charge in [-0.2, -0.15) is 0 Å². The van der Waals surface area contributed by atoms with Crippen molar-refractivity contribution in [3.8, 4) is 16.9 Å².